The molecule has 0 radical (unpaired) electrons. The second-order valence-electron chi connectivity index (χ2n) is 7.14. The minimum Gasteiger partial charge on any atom is -0.497 e. The molecule has 0 spiro atoms. The number of benzene rings is 1. The van der Waals surface area contributed by atoms with Crippen molar-refractivity contribution in [3.05, 3.63) is 47.8 Å². The third kappa shape index (κ3) is 3.75. The fourth-order valence-corrected chi connectivity index (χ4v) is 3.77. The number of aliphatic hydroxyl groups is 1. The summed E-state index contributed by atoms with van der Waals surface area (Å²) in [4.78, 5) is 14.6. The summed E-state index contributed by atoms with van der Waals surface area (Å²) in [5.41, 5.74) is 0.765. The van der Waals surface area contributed by atoms with Gasteiger partial charge in [-0.25, -0.2) is 0 Å². The number of carbonyl (C=O) groups excluding carboxylic acids is 1. The number of aryl methyl sites for hydroxylation is 2. The van der Waals surface area contributed by atoms with Crippen LogP contribution in [-0.2, 0) is 23.9 Å². The normalized spacial score (nSPS) is 19.4. The summed E-state index contributed by atoms with van der Waals surface area (Å²) in [7, 11) is 3.49. The molecular weight excluding hydrogens is 330 g/mol. The highest BCUT2D eigenvalue weighted by Crippen LogP contribution is 2.35. The van der Waals surface area contributed by atoms with Crippen molar-refractivity contribution in [1.29, 1.82) is 0 Å². The number of hydrogen-bond acceptors (Lipinski definition) is 4. The van der Waals surface area contributed by atoms with Crippen LogP contribution in [0.15, 0.2) is 36.7 Å². The van der Waals surface area contributed by atoms with Crippen molar-refractivity contribution in [2.24, 2.45) is 7.05 Å². The molecule has 0 saturated carbocycles. The Morgan fingerprint density at radius 1 is 1.38 bits per heavy atom. The SMILES string of the molecule is COc1ccc([C@](C)(O)[C@H]2CCCN2C(=O)CCc2cnn(C)c2)cc1. The van der Waals surface area contributed by atoms with Gasteiger partial charge in [-0.2, -0.15) is 5.10 Å². The van der Waals surface area contributed by atoms with Gasteiger partial charge < -0.3 is 14.7 Å². The molecule has 0 bridgehead atoms. The number of carbonyl (C=O) groups is 1. The number of amides is 1. The lowest BCUT2D eigenvalue weighted by Crippen LogP contribution is -2.48. The predicted octanol–water partition coefficient (Wildman–Crippen LogP) is 2.26. The zero-order valence-corrected chi connectivity index (χ0v) is 15.7. The molecule has 140 valence electrons. The second-order valence-corrected chi connectivity index (χ2v) is 7.14. The van der Waals surface area contributed by atoms with Crippen LogP contribution >= 0.6 is 0 Å². The zero-order valence-electron chi connectivity index (χ0n) is 15.7. The Kier molecular flexibility index (Phi) is 5.32. The highest BCUT2D eigenvalue weighted by atomic mass is 16.5. The van der Waals surface area contributed by atoms with E-state index in [0.29, 0.717) is 19.4 Å². The highest BCUT2D eigenvalue weighted by Gasteiger charge is 2.42. The van der Waals surface area contributed by atoms with Crippen LogP contribution in [0.1, 0.15) is 37.3 Å². The lowest BCUT2D eigenvalue weighted by atomic mass is 9.86. The molecule has 1 aliphatic rings. The van der Waals surface area contributed by atoms with Gasteiger partial charge in [0.05, 0.1) is 19.3 Å². The van der Waals surface area contributed by atoms with Gasteiger partial charge in [0.2, 0.25) is 5.91 Å². The zero-order chi connectivity index (χ0) is 18.7. The molecule has 1 aromatic heterocycles. The van der Waals surface area contributed by atoms with Gasteiger partial charge in [-0.1, -0.05) is 12.1 Å². The molecule has 1 fully saturated rings. The average molecular weight is 357 g/mol. The molecule has 26 heavy (non-hydrogen) atoms. The van der Waals surface area contributed by atoms with Crippen LogP contribution in [0.2, 0.25) is 0 Å². The first kappa shape index (κ1) is 18.5. The number of aromatic nitrogens is 2. The van der Waals surface area contributed by atoms with Gasteiger partial charge in [0.15, 0.2) is 0 Å². The van der Waals surface area contributed by atoms with Crippen LogP contribution in [0.5, 0.6) is 5.75 Å². The lowest BCUT2D eigenvalue weighted by molar-refractivity contribution is -0.137. The van der Waals surface area contributed by atoms with Crippen molar-refractivity contribution in [1.82, 2.24) is 14.7 Å². The number of nitrogens with zero attached hydrogens (tertiary/aromatic N) is 3. The fourth-order valence-electron chi connectivity index (χ4n) is 3.77. The predicted molar refractivity (Wildman–Crippen MR) is 98.8 cm³/mol. The Labute approximate surface area is 154 Å². The maximum absolute atomic E-state index is 12.8. The minimum atomic E-state index is -1.09. The Balaban J connectivity index is 1.70. The van der Waals surface area contributed by atoms with E-state index in [4.69, 9.17) is 4.74 Å². The van der Waals surface area contributed by atoms with Crippen LogP contribution in [0.3, 0.4) is 0 Å². The Hall–Kier alpha value is -2.34. The molecule has 1 aliphatic heterocycles. The number of likely N-dealkylation sites (tertiary alicyclic amines) is 1. The molecule has 1 N–H and O–H groups in total. The summed E-state index contributed by atoms with van der Waals surface area (Å²) < 4.78 is 6.93. The van der Waals surface area contributed by atoms with Gasteiger partial charge in [0, 0.05) is 26.2 Å². The fraction of sp³-hybridized carbons (Fsp3) is 0.500. The summed E-state index contributed by atoms with van der Waals surface area (Å²) in [6, 6.07) is 7.21. The Bertz CT molecular complexity index is 752. The molecule has 6 heteroatoms. The number of hydrogen-bond donors (Lipinski definition) is 1. The first-order chi connectivity index (χ1) is 12.4. The van der Waals surface area contributed by atoms with E-state index in [1.54, 1.807) is 24.9 Å². The molecule has 2 aromatic rings. The van der Waals surface area contributed by atoms with E-state index >= 15 is 0 Å². The van der Waals surface area contributed by atoms with E-state index in [2.05, 4.69) is 5.10 Å². The van der Waals surface area contributed by atoms with E-state index in [1.165, 1.54) is 0 Å². The van der Waals surface area contributed by atoms with E-state index in [9.17, 15) is 9.90 Å². The van der Waals surface area contributed by atoms with Gasteiger partial charge in [-0.15, -0.1) is 0 Å². The maximum Gasteiger partial charge on any atom is 0.223 e. The maximum atomic E-state index is 12.8. The molecular formula is C20H27N3O3. The Morgan fingerprint density at radius 2 is 2.12 bits per heavy atom. The first-order valence-electron chi connectivity index (χ1n) is 9.05. The molecule has 1 saturated heterocycles. The number of ether oxygens (including phenoxy) is 1. The van der Waals surface area contributed by atoms with E-state index < -0.39 is 5.60 Å². The van der Waals surface area contributed by atoms with Crippen molar-refractivity contribution in [2.45, 2.75) is 44.2 Å². The third-order valence-corrected chi connectivity index (χ3v) is 5.28. The summed E-state index contributed by atoms with van der Waals surface area (Å²) in [6.07, 6.45) is 6.54. The minimum absolute atomic E-state index is 0.0881. The smallest absolute Gasteiger partial charge is 0.223 e. The van der Waals surface area contributed by atoms with Gasteiger partial charge in [-0.05, 0) is 49.4 Å². The molecule has 2 heterocycles. The van der Waals surface area contributed by atoms with Crippen molar-refractivity contribution in [3.63, 3.8) is 0 Å². The molecule has 6 nitrogen and oxygen atoms in total. The van der Waals surface area contributed by atoms with E-state index in [0.717, 1.165) is 29.7 Å². The molecule has 2 atom stereocenters. The monoisotopic (exact) mass is 357 g/mol. The van der Waals surface area contributed by atoms with Crippen molar-refractivity contribution in [2.75, 3.05) is 13.7 Å². The second kappa shape index (κ2) is 7.50. The Morgan fingerprint density at radius 3 is 2.73 bits per heavy atom. The van der Waals surface area contributed by atoms with Crippen molar-refractivity contribution >= 4 is 5.91 Å². The van der Waals surface area contributed by atoms with Gasteiger partial charge in [-0.3, -0.25) is 9.48 Å². The van der Waals surface area contributed by atoms with E-state index in [1.807, 2.05) is 42.4 Å². The molecule has 3 rings (SSSR count). The molecule has 1 amide bonds. The van der Waals surface area contributed by atoms with Crippen molar-refractivity contribution in [3.8, 4) is 5.75 Å². The summed E-state index contributed by atoms with van der Waals surface area (Å²) in [6.45, 7) is 2.50. The summed E-state index contributed by atoms with van der Waals surface area (Å²) in [5, 5.41) is 15.4. The number of methoxy groups -OCH3 is 1. The van der Waals surface area contributed by atoms with Crippen LogP contribution in [0.25, 0.3) is 0 Å². The lowest BCUT2D eigenvalue weighted by Gasteiger charge is -2.37. The van der Waals surface area contributed by atoms with Crippen molar-refractivity contribution < 1.29 is 14.6 Å². The van der Waals surface area contributed by atoms with Crippen LogP contribution < -0.4 is 4.74 Å². The third-order valence-electron chi connectivity index (χ3n) is 5.28. The van der Waals surface area contributed by atoms with Gasteiger partial charge in [0.1, 0.15) is 11.4 Å². The van der Waals surface area contributed by atoms with Crippen LogP contribution in [-0.4, -0.2) is 45.4 Å². The highest BCUT2D eigenvalue weighted by molar-refractivity contribution is 5.77. The standard InChI is InChI=1S/C20H27N3O3/c1-20(25,16-7-9-17(26-3)10-8-16)18-5-4-12-23(18)19(24)11-6-15-13-21-22(2)14-15/h7-10,13-14,18,25H,4-6,11-12H2,1-3H3/t18-,20+/m1/s1. The first-order valence-corrected chi connectivity index (χ1v) is 9.05. The largest absolute Gasteiger partial charge is 0.497 e. The summed E-state index contributed by atoms with van der Waals surface area (Å²) in [5.74, 6) is 0.838. The molecule has 1 aromatic carbocycles. The van der Waals surface area contributed by atoms with Gasteiger partial charge in [0.25, 0.3) is 0 Å². The van der Waals surface area contributed by atoms with Gasteiger partial charge >= 0.3 is 0 Å². The van der Waals surface area contributed by atoms with Crippen LogP contribution in [0.4, 0.5) is 0 Å². The molecule has 0 aliphatic carbocycles. The topological polar surface area (TPSA) is 67.6 Å². The number of rotatable bonds is 6. The molecule has 0 unspecified atom stereocenters. The van der Waals surface area contributed by atoms with Crippen LogP contribution in [0, 0.1) is 0 Å². The average Bonchev–Trinajstić information content (AvgIpc) is 3.29. The van der Waals surface area contributed by atoms with E-state index in [-0.39, 0.29) is 11.9 Å². The summed E-state index contributed by atoms with van der Waals surface area (Å²) >= 11 is 0. The quantitative estimate of drug-likeness (QED) is 0.861.